The molecule has 2 N–H and O–H groups in total. The number of halogens is 1. The first-order valence-corrected chi connectivity index (χ1v) is 6.46. The molecule has 7 heteroatoms. The maximum absolute atomic E-state index is 12.7. The first-order valence-electron chi connectivity index (χ1n) is 5.58. The van der Waals surface area contributed by atoms with Crippen LogP contribution in [0.15, 0.2) is 29.3 Å². The summed E-state index contributed by atoms with van der Waals surface area (Å²) < 4.78 is 12.7. The number of hydrogen-bond donors (Lipinski definition) is 2. The van der Waals surface area contributed by atoms with Gasteiger partial charge in [0.05, 0.1) is 0 Å². The molecule has 0 spiro atoms. The Hall–Kier alpha value is -1.89. The molecule has 1 aliphatic rings. The summed E-state index contributed by atoms with van der Waals surface area (Å²) in [4.78, 5) is 27.3. The van der Waals surface area contributed by atoms with Crippen LogP contribution < -0.4 is 10.6 Å². The van der Waals surface area contributed by atoms with Crippen LogP contribution in [0.3, 0.4) is 0 Å². The normalized spacial score (nSPS) is 21.1. The Morgan fingerprint density at radius 3 is 2.79 bits per heavy atom. The fourth-order valence-electron chi connectivity index (χ4n) is 1.56. The lowest BCUT2D eigenvalue weighted by Crippen LogP contribution is -2.41. The van der Waals surface area contributed by atoms with Crippen LogP contribution >= 0.6 is 11.8 Å². The van der Waals surface area contributed by atoms with Crippen molar-refractivity contribution >= 4 is 34.4 Å². The fourth-order valence-corrected chi connectivity index (χ4v) is 2.50. The number of nitrogens with zero attached hydrogens (tertiary/aromatic N) is 1. The van der Waals surface area contributed by atoms with Crippen molar-refractivity contribution in [2.75, 3.05) is 12.4 Å². The predicted octanol–water partition coefficient (Wildman–Crippen LogP) is 1.37. The molecule has 0 saturated carbocycles. The van der Waals surface area contributed by atoms with Gasteiger partial charge in [0.15, 0.2) is 5.17 Å². The van der Waals surface area contributed by atoms with Crippen LogP contribution in [-0.4, -0.2) is 29.3 Å². The zero-order valence-corrected chi connectivity index (χ0v) is 11.0. The topological polar surface area (TPSA) is 70.6 Å². The van der Waals surface area contributed by atoms with E-state index in [2.05, 4.69) is 15.6 Å². The van der Waals surface area contributed by atoms with Gasteiger partial charge < -0.3 is 10.6 Å². The zero-order chi connectivity index (χ0) is 13.8. The number of carbonyl (C=O) groups excluding carboxylic acids is 2. The van der Waals surface area contributed by atoms with E-state index >= 15 is 0 Å². The molecule has 2 amide bonds. The molecule has 1 aromatic rings. The van der Waals surface area contributed by atoms with Crippen LogP contribution in [-0.2, 0) is 9.59 Å². The van der Waals surface area contributed by atoms with Crippen molar-refractivity contribution in [1.29, 1.82) is 0 Å². The molecule has 1 heterocycles. The molecule has 5 nitrogen and oxygen atoms in total. The highest BCUT2D eigenvalue weighted by Crippen LogP contribution is 2.22. The summed E-state index contributed by atoms with van der Waals surface area (Å²) in [5.41, 5.74) is 0.493. The van der Waals surface area contributed by atoms with Gasteiger partial charge in [0, 0.05) is 19.2 Å². The molecule has 1 fully saturated rings. The van der Waals surface area contributed by atoms with E-state index in [9.17, 15) is 14.0 Å². The molecular weight excluding hydrogens is 269 g/mol. The number of hydrogen-bond acceptors (Lipinski definition) is 4. The Labute approximate surface area is 113 Å². The molecule has 0 aliphatic carbocycles. The second kappa shape index (κ2) is 5.83. The maximum Gasteiger partial charge on any atom is 0.238 e. The smallest absolute Gasteiger partial charge is 0.238 e. The summed E-state index contributed by atoms with van der Waals surface area (Å²) in [6, 6.07) is 5.45. The Bertz CT molecular complexity index is 530. The van der Waals surface area contributed by atoms with Gasteiger partial charge in [0.1, 0.15) is 11.1 Å². The van der Waals surface area contributed by atoms with Gasteiger partial charge in [-0.1, -0.05) is 11.8 Å². The largest absolute Gasteiger partial charge is 0.325 e. The molecule has 1 aromatic carbocycles. The Balaban J connectivity index is 2.03. The average molecular weight is 281 g/mol. The number of carbonyl (C=O) groups is 2. The van der Waals surface area contributed by atoms with Crippen LogP contribution in [0.4, 0.5) is 10.1 Å². The van der Waals surface area contributed by atoms with Crippen molar-refractivity contribution in [3.8, 4) is 0 Å². The number of nitrogens with one attached hydrogen (secondary N) is 2. The molecular formula is C12H12FN3O2S. The van der Waals surface area contributed by atoms with Crippen molar-refractivity contribution in [1.82, 2.24) is 5.32 Å². The molecule has 2 rings (SSSR count). The highest BCUT2D eigenvalue weighted by molar-refractivity contribution is 8.15. The maximum atomic E-state index is 12.7. The Morgan fingerprint density at radius 1 is 1.47 bits per heavy atom. The fraction of sp³-hybridized carbons (Fsp3) is 0.250. The van der Waals surface area contributed by atoms with Crippen molar-refractivity contribution in [2.24, 2.45) is 4.99 Å². The minimum absolute atomic E-state index is 0.0940. The Morgan fingerprint density at radius 2 is 2.16 bits per heavy atom. The lowest BCUT2D eigenvalue weighted by molar-refractivity contribution is -0.123. The summed E-state index contributed by atoms with van der Waals surface area (Å²) in [6.07, 6.45) is 0.0940. The molecule has 1 aliphatic heterocycles. The van der Waals surface area contributed by atoms with Gasteiger partial charge in [0.25, 0.3) is 0 Å². The van der Waals surface area contributed by atoms with Crippen LogP contribution in [0.25, 0.3) is 0 Å². The van der Waals surface area contributed by atoms with Crippen LogP contribution in [0, 0.1) is 5.82 Å². The van der Waals surface area contributed by atoms with Crippen molar-refractivity contribution in [2.45, 2.75) is 11.7 Å². The average Bonchev–Trinajstić information content (AvgIpc) is 2.40. The summed E-state index contributed by atoms with van der Waals surface area (Å²) in [5, 5.41) is 5.11. The second-order valence-corrected chi connectivity index (χ2v) is 5.08. The van der Waals surface area contributed by atoms with E-state index in [1.165, 1.54) is 36.0 Å². The number of amides is 2. The van der Waals surface area contributed by atoms with Gasteiger partial charge in [-0.3, -0.25) is 14.6 Å². The van der Waals surface area contributed by atoms with E-state index in [1.807, 2.05) is 0 Å². The third kappa shape index (κ3) is 3.54. The summed E-state index contributed by atoms with van der Waals surface area (Å²) in [7, 11) is 1.54. The molecule has 0 radical (unpaired) electrons. The molecule has 100 valence electrons. The van der Waals surface area contributed by atoms with Crippen molar-refractivity contribution < 1.29 is 14.0 Å². The van der Waals surface area contributed by atoms with Gasteiger partial charge in [-0.15, -0.1) is 0 Å². The third-order valence-electron chi connectivity index (χ3n) is 2.48. The van der Waals surface area contributed by atoms with E-state index < -0.39 is 5.25 Å². The predicted molar refractivity (Wildman–Crippen MR) is 72.5 cm³/mol. The third-order valence-corrected chi connectivity index (χ3v) is 3.65. The summed E-state index contributed by atoms with van der Waals surface area (Å²) in [5.74, 6) is -0.906. The number of anilines is 1. The zero-order valence-electron chi connectivity index (χ0n) is 10.1. The molecule has 1 unspecified atom stereocenters. The van der Waals surface area contributed by atoms with Crippen LogP contribution in [0.5, 0.6) is 0 Å². The highest BCUT2D eigenvalue weighted by atomic mass is 32.2. The number of benzene rings is 1. The van der Waals surface area contributed by atoms with Crippen molar-refractivity contribution in [3.63, 3.8) is 0 Å². The first-order chi connectivity index (χ1) is 9.08. The minimum atomic E-state index is -0.530. The van der Waals surface area contributed by atoms with Gasteiger partial charge in [0.2, 0.25) is 11.8 Å². The molecule has 1 saturated heterocycles. The number of thioether (sulfide) groups is 1. The quantitative estimate of drug-likeness (QED) is 0.860. The van der Waals surface area contributed by atoms with E-state index in [4.69, 9.17) is 0 Å². The number of aliphatic imine (C=N–C) groups is 1. The van der Waals surface area contributed by atoms with Gasteiger partial charge in [-0.2, -0.15) is 0 Å². The Kier molecular flexibility index (Phi) is 4.16. The second-order valence-electron chi connectivity index (χ2n) is 3.88. The van der Waals surface area contributed by atoms with E-state index in [0.29, 0.717) is 10.9 Å². The van der Waals surface area contributed by atoms with E-state index in [1.54, 1.807) is 7.05 Å². The van der Waals surface area contributed by atoms with Gasteiger partial charge >= 0.3 is 0 Å². The SMILES string of the molecule is CN=C1NC(=O)CC(C(=O)Nc2ccc(F)cc2)S1. The van der Waals surface area contributed by atoms with Gasteiger partial charge in [-0.05, 0) is 24.3 Å². The lowest BCUT2D eigenvalue weighted by Gasteiger charge is -2.21. The first kappa shape index (κ1) is 13.5. The van der Waals surface area contributed by atoms with Crippen LogP contribution in [0.2, 0.25) is 0 Å². The molecule has 19 heavy (non-hydrogen) atoms. The van der Waals surface area contributed by atoms with Crippen LogP contribution in [0.1, 0.15) is 6.42 Å². The summed E-state index contributed by atoms with van der Waals surface area (Å²) >= 11 is 1.20. The van der Waals surface area contributed by atoms with Crippen molar-refractivity contribution in [3.05, 3.63) is 30.1 Å². The molecule has 0 bridgehead atoms. The molecule has 1 atom stereocenters. The lowest BCUT2D eigenvalue weighted by atomic mass is 10.2. The monoisotopic (exact) mass is 281 g/mol. The standard InChI is InChI=1S/C12H12FN3O2S/c1-14-12-16-10(17)6-9(19-12)11(18)15-8-4-2-7(13)3-5-8/h2-5,9H,6H2,1H3,(H,15,18)(H,14,16,17). The number of amidine groups is 1. The van der Waals surface area contributed by atoms with E-state index in [0.717, 1.165) is 0 Å². The van der Waals surface area contributed by atoms with E-state index in [-0.39, 0.29) is 24.1 Å². The summed E-state index contributed by atoms with van der Waals surface area (Å²) in [6.45, 7) is 0. The van der Waals surface area contributed by atoms with Gasteiger partial charge in [-0.25, -0.2) is 4.39 Å². The highest BCUT2D eigenvalue weighted by Gasteiger charge is 2.29. The number of rotatable bonds is 2. The minimum Gasteiger partial charge on any atom is -0.325 e. The molecule has 0 aromatic heterocycles.